The van der Waals surface area contributed by atoms with Crippen molar-refractivity contribution < 1.29 is 9.59 Å². The average molecular weight is 520 g/mol. The Morgan fingerprint density at radius 1 is 0.966 bits per heavy atom. The Bertz CT molecular complexity index is 604. The van der Waals surface area contributed by atoms with Crippen LogP contribution in [0.3, 0.4) is 0 Å². The molecule has 2 saturated carbocycles. The summed E-state index contributed by atoms with van der Waals surface area (Å²) in [4.78, 5) is 36.4. The minimum Gasteiger partial charge on any atom is -0.347 e. The zero-order chi connectivity index (χ0) is 20.3. The monoisotopic (exact) mass is 520 g/mol. The highest BCUT2D eigenvalue weighted by Gasteiger charge is 2.42. The summed E-state index contributed by atoms with van der Waals surface area (Å²) >= 11 is 0. The zero-order valence-electron chi connectivity index (χ0n) is 18.3. The number of likely N-dealkylation sites (N-methyl/N-ethyl adjacent to an activating group) is 2. The quantitative estimate of drug-likeness (QED) is 0.326. The lowest BCUT2D eigenvalue weighted by molar-refractivity contribution is -0.127. The second kappa shape index (κ2) is 10.8. The van der Waals surface area contributed by atoms with Crippen LogP contribution in [0.15, 0.2) is 4.99 Å². The fourth-order valence-electron chi connectivity index (χ4n) is 4.79. The van der Waals surface area contributed by atoms with Crippen LogP contribution in [0.1, 0.15) is 25.7 Å². The molecule has 0 aromatic heterocycles. The molecule has 3 rings (SSSR count). The Labute approximate surface area is 192 Å². The second-order valence-electron chi connectivity index (χ2n) is 8.83. The number of amides is 2. The van der Waals surface area contributed by atoms with E-state index >= 15 is 0 Å². The predicted molar refractivity (Wildman–Crippen MR) is 125 cm³/mol. The van der Waals surface area contributed by atoms with Crippen LogP contribution in [0.4, 0.5) is 0 Å². The summed E-state index contributed by atoms with van der Waals surface area (Å²) < 4.78 is 0. The van der Waals surface area contributed by atoms with Crippen molar-refractivity contribution in [2.24, 2.45) is 16.8 Å². The summed E-state index contributed by atoms with van der Waals surface area (Å²) in [5.74, 6) is 2.48. The standard InChI is InChI=1S/C20H36N6O2.HI/c1-23(2)18(27)13-21-20(22-14-19(28)24(3)4)26-9-7-25(8-10-26)17-12-15-5-6-16(17)11-15;/h15-17H,5-14H2,1-4H3,(H,21,22);1H. The van der Waals surface area contributed by atoms with E-state index in [1.807, 2.05) is 0 Å². The molecule has 0 radical (unpaired) electrons. The number of aliphatic imine (C=N–C) groups is 1. The van der Waals surface area contributed by atoms with Crippen LogP contribution in [-0.4, -0.2) is 111 Å². The molecule has 8 nitrogen and oxygen atoms in total. The first kappa shape index (κ1) is 24.2. The molecule has 3 unspecified atom stereocenters. The Morgan fingerprint density at radius 3 is 2.14 bits per heavy atom. The van der Waals surface area contributed by atoms with Crippen LogP contribution in [0.25, 0.3) is 0 Å². The van der Waals surface area contributed by atoms with E-state index in [-0.39, 0.29) is 48.9 Å². The number of rotatable bonds is 5. The van der Waals surface area contributed by atoms with E-state index in [0.717, 1.165) is 44.1 Å². The smallest absolute Gasteiger partial charge is 0.243 e. The van der Waals surface area contributed by atoms with Crippen molar-refractivity contribution in [2.75, 3.05) is 67.5 Å². The maximum atomic E-state index is 12.0. The third-order valence-corrected chi connectivity index (χ3v) is 6.54. The molecule has 2 aliphatic carbocycles. The lowest BCUT2D eigenvalue weighted by atomic mass is 9.93. The van der Waals surface area contributed by atoms with Gasteiger partial charge >= 0.3 is 0 Å². The van der Waals surface area contributed by atoms with E-state index in [1.165, 1.54) is 25.7 Å². The number of carbonyl (C=O) groups excluding carboxylic acids is 2. The van der Waals surface area contributed by atoms with E-state index in [1.54, 1.807) is 38.0 Å². The van der Waals surface area contributed by atoms with Crippen LogP contribution in [0, 0.1) is 11.8 Å². The van der Waals surface area contributed by atoms with E-state index < -0.39 is 0 Å². The summed E-state index contributed by atoms with van der Waals surface area (Å²) in [6.07, 6.45) is 5.64. The van der Waals surface area contributed by atoms with E-state index in [4.69, 9.17) is 0 Å². The number of nitrogens with one attached hydrogen (secondary N) is 1. The highest BCUT2D eigenvalue weighted by atomic mass is 127. The number of carbonyl (C=O) groups is 2. The number of hydrogen-bond donors (Lipinski definition) is 1. The molecule has 1 aliphatic heterocycles. The summed E-state index contributed by atoms with van der Waals surface area (Å²) in [7, 11) is 6.94. The van der Waals surface area contributed by atoms with Gasteiger partial charge in [0, 0.05) is 60.4 Å². The van der Waals surface area contributed by atoms with Gasteiger partial charge in [0.05, 0.1) is 6.54 Å². The van der Waals surface area contributed by atoms with Gasteiger partial charge in [0.15, 0.2) is 5.96 Å². The van der Waals surface area contributed by atoms with Gasteiger partial charge in [-0.05, 0) is 31.1 Å². The van der Waals surface area contributed by atoms with Crippen LogP contribution < -0.4 is 5.32 Å². The van der Waals surface area contributed by atoms with Crippen LogP contribution in [0.2, 0.25) is 0 Å². The zero-order valence-corrected chi connectivity index (χ0v) is 20.6. The molecule has 0 aromatic carbocycles. The van der Waals surface area contributed by atoms with Crippen molar-refractivity contribution in [3.63, 3.8) is 0 Å². The van der Waals surface area contributed by atoms with Crippen LogP contribution in [0.5, 0.6) is 0 Å². The molecule has 3 aliphatic rings. The Kier molecular flexibility index (Phi) is 8.99. The number of nitrogens with zero attached hydrogens (tertiary/aromatic N) is 5. The van der Waals surface area contributed by atoms with Gasteiger partial charge in [0.25, 0.3) is 0 Å². The fraction of sp³-hybridized carbons (Fsp3) is 0.850. The molecular weight excluding hydrogens is 483 g/mol. The fourth-order valence-corrected chi connectivity index (χ4v) is 4.79. The Hall–Kier alpha value is -1.10. The van der Waals surface area contributed by atoms with E-state index in [0.29, 0.717) is 5.96 Å². The number of hydrogen-bond acceptors (Lipinski definition) is 4. The minimum absolute atomic E-state index is 0. The summed E-state index contributed by atoms with van der Waals surface area (Å²) in [5.41, 5.74) is 0. The molecule has 166 valence electrons. The minimum atomic E-state index is -0.0427. The van der Waals surface area contributed by atoms with Crippen molar-refractivity contribution in [1.82, 2.24) is 24.9 Å². The maximum Gasteiger partial charge on any atom is 0.243 e. The second-order valence-corrected chi connectivity index (χ2v) is 8.83. The van der Waals surface area contributed by atoms with Gasteiger partial charge in [-0.25, -0.2) is 4.99 Å². The Balaban J connectivity index is 0.00000300. The number of guanidine groups is 1. The third-order valence-electron chi connectivity index (χ3n) is 6.54. The van der Waals surface area contributed by atoms with Crippen LogP contribution >= 0.6 is 24.0 Å². The molecule has 2 amide bonds. The molecule has 9 heteroatoms. The highest BCUT2D eigenvalue weighted by molar-refractivity contribution is 14.0. The van der Waals surface area contributed by atoms with Gasteiger partial charge < -0.3 is 20.0 Å². The van der Waals surface area contributed by atoms with Crippen molar-refractivity contribution in [1.29, 1.82) is 0 Å². The molecule has 3 atom stereocenters. The summed E-state index contributed by atoms with van der Waals surface area (Å²) in [6.45, 7) is 4.10. The first-order valence-electron chi connectivity index (χ1n) is 10.5. The summed E-state index contributed by atoms with van der Waals surface area (Å²) in [6, 6.07) is 0.764. The molecule has 0 spiro atoms. The molecule has 1 saturated heterocycles. The SMILES string of the molecule is CN(C)C(=O)CN=C(NCC(=O)N(C)C)N1CCN(C2CC3CCC2C3)CC1.I. The van der Waals surface area contributed by atoms with Gasteiger partial charge in [-0.15, -0.1) is 24.0 Å². The molecule has 0 aromatic rings. The molecule has 2 bridgehead atoms. The molecule has 1 heterocycles. The maximum absolute atomic E-state index is 12.0. The van der Waals surface area contributed by atoms with Crippen molar-refractivity contribution >= 4 is 41.8 Å². The van der Waals surface area contributed by atoms with E-state index in [2.05, 4.69) is 20.1 Å². The highest BCUT2D eigenvalue weighted by Crippen LogP contribution is 2.46. The van der Waals surface area contributed by atoms with Gasteiger partial charge in [0.1, 0.15) is 6.54 Å². The predicted octanol–water partition coefficient (Wildman–Crippen LogP) is 0.533. The lowest BCUT2D eigenvalue weighted by Gasteiger charge is -2.42. The van der Waals surface area contributed by atoms with Crippen molar-refractivity contribution in [3.05, 3.63) is 0 Å². The largest absolute Gasteiger partial charge is 0.347 e. The van der Waals surface area contributed by atoms with Crippen LogP contribution in [-0.2, 0) is 9.59 Å². The number of piperazine rings is 1. The molecular formula is C20H37IN6O2. The summed E-state index contributed by atoms with van der Waals surface area (Å²) in [5, 5.41) is 3.17. The number of halogens is 1. The van der Waals surface area contributed by atoms with Gasteiger partial charge in [-0.1, -0.05) is 6.42 Å². The van der Waals surface area contributed by atoms with Crippen molar-refractivity contribution in [3.8, 4) is 0 Å². The molecule has 3 fully saturated rings. The first-order valence-corrected chi connectivity index (χ1v) is 10.5. The average Bonchev–Trinajstić information content (AvgIpc) is 3.31. The normalized spacial score (nSPS) is 26.8. The molecule has 29 heavy (non-hydrogen) atoms. The van der Waals surface area contributed by atoms with Crippen molar-refractivity contribution in [2.45, 2.75) is 31.7 Å². The Morgan fingerprint density at radius 2 is 1.62 bits per heavy atom. The van der Waals surface area contributed by atoms with Gasteiger partial charge in [0.2, 0.25) is 11.8 Å². The molecule has 1 N–H and O–H groups in total. The van der Waals surface area contributed by atoms with Gasteiger partial charge in [-0.2, -0.15) is 0 Å². The topological polar surface area (TPSA) is 71.5 Å². The lowest BCUT2D eigenvalue weighted by Crippen LogP contribution is -2.56. The third kappa shape index (κ3) is 6.19. The van der Waals surface area contributed by atoms with Gasteiger partial charge in [-0.3, -0.25) is 14.5 Å². The number of fused-ring (bicyclic) bond motifs is 2. The van der Waals surface area contributed by atoms with E-state index in [9.17, 15) is 9.59 Å². The first-order chi connectivity index (χ1) is 13.3.